The zero-order valence-electron chi connectivity index (χ0n) is 20.1. The highest BCUT2D eigenvalue weighted by Crippen LogP contribution is 2.16. The van der Waals surface area contributed by atoms with Crippen molar-refractivity contribution < 1.29 is 22.3 Å². The fourth-order valence-electron chi connectivity index (χ4n) is 3.53. The number of hydrogen-bond donors (Lipinski definition) is 3. The number of aromatic nitrogens is 4. The number of nitrogens with zero attached hydrogens (tertiary/aromatic N) is 4. The number of carbonyl (C=O) groups is 1. The Bertz CT molecular complexity index is 1510. The van der Waals surface area contributed by atoms with Crippen molar-refractivity contribution >= 4 is 44.7 Å². The van der Waals surface area contributed by atoms with Gasteiger partial charge in [-0.25, -0.2) is 22.9 Å². The topological polar surface area (TPSA) is 154 Å². The number of anilines is 1. The van der Waals surface area contributed by atoms with Gasteiger partial charge in [-0.05, 0) is 48.2 Å². The molecule has 2 aromatic carbocycles. The lowest BCUT2D eigenvalue weighted by atomic mass is 10.2. The third kappa shape index (κ3) is 7.15. The Morgan fingerprint density at radius 3 is 2.45 bits per heavy atom. The van der Waals surface area contributed by atoms with Gasteiger partial charge in [0.2, 0.25) is 10.0 Å². The molecule has 0 aliphatic carbocycles. The zero-order valence-corrected chi connectivity index (χ0v) is 21.7. The molecule has 0 saturated heterocycles. The van der Waals surface area contributed by atoms with E-state index >= 15 is 0 Å². The summed E-state index contributed by atoms with van der Waals surface area (Å²) in [6.45, 7) is 0.974. The standard InChI is InChI=1S/C24H25ClFN7O4S/c25-18-7-3-17(4-8-18)14-30-38(35,36)19-9-5-16(6-10-19)13-28-24(34)37-12-2-1-11-33-15-29-20-21(27)31-23(26)32-22(20)33/h3-10,15,30H,1-2,11-14H2,(H,28,34)(H2,27,31,32). The van der Waals surface area contributed by atoms with Crippen molar-refractivity contribution in [1.29, 1.82) is 0 Å². The number of ether oxygens (including phenoxy) is 1. The zero-order chi connectivity index (χ0) is 27.1. The molecule has 200 valence electrons. The number of imidazole rings is 1. The highest BCUT2D eigenvalue weighted by molar-refractivity contribution is 7.89. The van der Waals surface area contributed by atoms with Crippen LogP contribution in [0.5, 0.6) is 0 Å². The maximum Gasteiger partial charge on any atom is 0.407 e. The highest BCUT2D eigenvalue weighted by Gasteiger charge is 2.14. The summed E-state index contributed by atoms with van der Waals surface area (Å²) in [5.41, 5.74) is 7.78. The Labute approximate surface area is 223 Å². The Kier molecular flexibility index (Phi) is 8.71. The maximum absolute atomic E-state index is 13.4. The van der Waals surface area contributed by atoms with Crippen LogP contribution in [0.1, 0.15) is 24.0 Å². The van der Waals surface area contributed by atoms with Crippen LogP contribution in [-0.2, 0) is 34.4 Å². The second-order valence-electron chi connectivity index (χ2n) is 8.28. The molecule has 0 unspecified atom stereocenters. The van der Waals surface area contributed by atoms with E-state index in [9.17, 15) is 17.6 Å². The molecule has 4 aromatic rings. The van der Waals surface area contributed by atoms with E-state index in [1.54, 1.807) is 41.0 Å². The fraction of sp³-hybridized carbons (Fsp3) is 0.250. The van der Waals surface area contributed by atoms with E-state index in [0.717, 1.165) is 5.56 Å². The summed E-state index contributed by atoms with van der Waals surface area (Å²) >= 11 is 5.85. The fourth-order valence-corrected chi connectivity index (χ4v) is 4.67. The largest absolute Gasteiger partial charge is 0.450 e. The molecule has 0 saturated carbocycles. The average Bonchev–Trinajstić information content (AvgIpc) is 3.30. The number of hydrogen-bond acceptors (Lipinski definition) is 8. The van der Waals surface area contributed by atoms with Gasteiger partial charge in [-0.15, -0.1) is 0 Å². The van der Waals surface area contributed by atoms with Crippen molar-refractivity contribution in [3.8, 4) is 0 Å². The van der Waals surface area contributed by atoms with Gasteiger partial charge in [0.05, 0.1) is 17.8 Å². The van der Waals surface area contributed by atoms with Crippen LogP contribution in [0, 0.1) is 6.08 Å². The molecule has 0 aliphatic heterocycles. The second kappa shape index (κ2) is 12.2. The maximum atomic E-state index is 13.4. The van der Waals surface area contributed by atoms with Gasteiger partial charge in [0.15, 0.2) is 11.5 Å². The lowest BCUT2D eigenvalue weighted by molar-refractivity contribution is 0.143. The lowest BCUT2D eigenvalue weighted by Gasteiger charge is -2.09. The number of rotatable bonds is 11. The number of aryl methyl sites for hydroxylation is 1. The molecule has 4 rings (SSSR count). The quantitative estimate of drug-likeness (QED) is 0.186. The van der Waals surface area contributed by atoms with Crippen molar-refractivity contribution in [3.05, 3.63) is 77.1 Å². The first-order chi connectivity index (χ1) is 18.2. The van der Waals surface area contributed by atoms with Gasteiger partial charge >= 0.3 is 12.2 Å². The predicted molar refractivity (Wildman–Crippen MR) is 139 cm³/mol. The van der Waals surface area contributed by atoms with Crippen molar-refractivity contribution in [2.24, 2.45) is 0 Å². The van der Waals surface area contributed by atoms with Crippen molar-refractivity contribution in [2.45, 2.75) is 37.4 Å². The number of unbranched alkanes of at least 4 members (excludes halogenated alkanes) is 1. The van der Waals surface area contributed by atoms with Crippen molar-refractivity contribution in [3.63, 3.8) is 0 Å². The van der Waals surface area contributed by atoms with Crippen LogP contribution in [0.4, 0.5) is 15.0 Å². The molecule has 2 heterocycles. The Hall–Kier alpha value is -3.81. The molecule has 0 bridgehead atoms. The van der Waals surface area contributed by atoms with Gasteiger partial charge in [-0.1, -0.05) is 35.9 Å². The Morgan fingerprint density at radius 1 is 1.03 bits per heavy atom. The smallest absolute Gasteiger partial charge is 0.407 e. The minimum atomic E-state index is -3.70. The van der Waals surface area contributed by atoms with Crippen molar-refractivity contribution in [1.82, 2.24) is 29.6 Å². The summed E-state index contributed by atoms with van der Waals surface area (Å²) in [7, 11) is -3.70. The molecule has 1 amide bonds. The number of amides is 1. The number of sulfonamides is 1. The minimum absolute atomic E-state index is 0.0201. The number of nitrogen functional groups attached to an aromatic ring is 1. The van der Waals surface area contributed by atoms with E-state index in [0.29, 0.717) is 41.1 Å². The number of fused-ring (bicyclic) bond motifs is 1. The number of carbonyl (C=O) groups excluding carboxylic acids is 1. The van der Waals surface area contributed by atoms with Crippen LogP contribution < -0.4 is 15.8 Å². The number of alkyl carbamates (subject to hydrolysis) is 1. The molecule has 38 heavy (non-hydrogen) atoms. The highest BCUT2D eigenvalue weighted by atomic mass is 35.5. The van der Waals surface area contributed by atoms with E-state index < -0.39 is 22.2 Å². The summed E-state index contributed by atoms with van der Waals surface area (Å²) in [6, 6.07) is 13.0. The first-order valence-corrected chi connectivity index (χ1v) is 13.4. The van der Waals surface area contributed by atoms with Gasteiger partial charge < -0.3 is 20.4 Å². The number of benzene rings is 2. The van der Waals surface area contributed by atoms with Crippen LogP contribution in [0.25, 0.3) is 11.2 Å². The van der Waals surface area contributed by atoms with E-state index in [1.165, 1.54) is 18.5 Å². The lowest BCUT2D eigenvalue weighted by Crippen LogP contribution is -2.25. The van der Waals surface area contributed by atoms with Crippen LogP contribution in [0.3, 0.4) is 0 Å². The molecule has 0 radical (unpaired) electrons. The summed E-state index contributed by atoms with van der Waals surface area (Å²) in [5.74, 6) is -0.0201. The van der Waals surface area contributed by atoms with E-state index in [2.05, 4.69) is 25.0 Å². The molecule has 0 spiro atoms. The van der Waals surface area contributed by atoms with Crippen LogP contribution in [0.15, 0.2) is 59.8 Å². The van der Waals surface area contributed by atoms with Gasteiger partial charge in [-0.2, -0.15) is 14.4 Å². The van der Waals surface area contributed by atoms with Crippen LogP contribution >= 0.6 is 11.6 Å². The van der Waals surface area contributed by atoms with E-state index in [1.807, 2.05) is 0 Å². The molecule has 0 fully saturated rings. The average molecular weight is 562 g/mol. The number of nitrogens with two attached hydrogens (primary N) is 1. The molecule has 14 heteroatoms. The van der Waals surface area contributed by atoms with Crippen LogP contribution in [-0.4, -0.2) is 40.6 Å². The monoisotopic (exact) mass is 561 g/mol. The molecule has 0 atom stereocenters. The molecular formula is C24H25ClFN7O4S. The number of nitrogens with one attached hydrogen (secondary N) is 2. The molecule has 11 nitrogen and oxygen atoms in total. The van der Waals surface area contributed by atoms with Gasteiger partial charge in [0.25, 0.3) is 0 Å². The second-order valence-corrected chi connectivity index (χ2v) is 10.5. The Morgan fingerprint density at radius 2 is 1.71 bits per heavy atom. The molecule has 0 aliphatic rings. The van der Waals surface area contributed by atoms with Crippen molar-refractivity contribution in [2.75, 3.05) is 12.3 Å². The van der Waals surface area contributed by atoms with Gasteiger partial charge in [0, 0.05) is 24.7 Å². The first kappa shape index (κ1) is 27.2. The van der Waals surface area contributed by atoms with E-state index in [-0.39, 0.29) is 30.4 Å². The molecule has 2 aromatic heterocycles. The SMILES string of the molecule is Nc1nc(F)nc2c1ncn2CCCCOC(=O)NCc1ccc(S(=O)(=O)NCc2ccc(Cl)cc2)cc1. The normalized spacial score (nSPS) is 11.5. The van der Waals surface area contributed by atoms with Gasteiger partial charge in [-0.3, -0.25) is 0 Å². The van der Waals surface area contributed by atoms with Crippen LogP contribution in [0.2, 0.25) is 5.02 Å². The number of halogens is 2. The molecule has 4 N–H and O–H groups in total. The summed E-state index contributed by atoms with van der Waals surface area (Å²) in [6.07, 6.45) is 1.19. The molecular weight excluding hydrogens is 537 g/mol. The third-order valence-electron chi connectivity index (χ3n) is 5.54. The van der Waals surface area contributed by atoms with E-state index in [4.69, 9.17) is 22.1 Å². The third-order valence-corrected chi connectivity index (χ3v) is 7.21. The van der Waals surface area contributed by atoms with Gasteiger partial charge in [0.1, 0.15) is 5.52 Å². The Balaban J connectivity index is 1.16. The summed E-state index contributed by atoms with van der Waals surface area (Å²) in [5, 5.41) is 3.20. The minimum Gasteiger partial charge on any atom is -0.450 e. The summed E-state index contributed by atoms with van der Waals surface area (Å²) < 4.78 is 47.9. The predicted octanol–water partition coefficient (Wildman–Crippen LogP) is 3.39. The summed E-state index contributed by atoms with van der Waals surface area (Å²) in [4.78, 5) is 23.4. The first-order valence-electron chi connectivity index (χ1n) is 11.6.